The first kappa shape index (κ1) is 36.6. The Morgan fingerprint density at radius 2 is 1.57 bits per heavy atom. The quantitative estimate of drug-likeness (QED) is 0.186. The number of hydrogen-bond donors (Lipinski definition) is 1. The van der Waals surface area contributed by atoms with Gasteiger partial charge in [-0.1, -0.05) is 39.8 Å². The highest BCUT2D eigenvalue weighted by atomic mass is 32.2. The second kappa shape index (κ2) is 12.9. The van der Waals surface area contributed by atoms with Crippen molar-refractivity contribution in [2.24, 2.45) is 62.6 Å². The minimum atomic E-state index is -0.620. The van der Waals surface area contributed by atoms with Crippen LogP contribution in [0.2, 0.25) is 0 Å². The van der Waals surface area contributed by atoms with Gasteiger partial charge in [0.25, 0.3) is 0 Å². The number of hydrogen-bond acceptors (Lipinski definition) is 6. The van der Waals surface area contributed by atoms with Crippen molar-refractivity contribution in [3.05, 3.63) is 12.2 Å². The Labute approximate surface area is 289 Å². The van der Waals surface area contributed by atoms with E-state index in [1.807, 2.05) is 6.26 Å². The van der Waals surface area contributed by atoms with E-state index in [1.54, 1.807) is 25.6 Å². The number of ketones is 2. The number of carbonyl (C=O) groups excluding carboxylic acids is 4. The number of methoxy groups -OCH3 is 1. The lowest BCUT2D eigenvalue weighted by Gasteiger charge is -2.73. The first-order valence-corrected chi connectivity index (χ1v) is 19.9. The van der Waals surface area contributed by atoms with Crippen molar-refractivity contribution in [1.29, 1.82) is 0 Å². The van der Waals surface area contributed by atoms with E-state index in [9.17, 15) is 19.2 Å². The van der Waals surface area contributed by atoms with Gasteiger partial charge in [0, 0.05) is 12.3 Å². The number of rotatable bonds is 10. The first-order valence-electron chi connectivity index (χ1n) is 18.5. The lowest BCUT2D eigenvalue weighted by atomic mass is 9.31. The number of thioether (sulfide) groups is 1. The van der Waals surface area contributed by atoms with Gasteiger partial charge in [0.1, 0.15) is 17.6 Å². The Hall–Kier alpha value is -1.63. The van der Waals surface area contributed by atoms with Gasteiger partial charge in [-0.2, -0.15) is 11.8 Å². The number of Topliss-reactive ketones (excluding diaryl/α,β-unsaturated/α-hetero) is 2. The molecule has 1 N–H and O–H groups in total. The van der Waals surface area contributed by atoms with Crippen molar-refractivity contribution in [3.8, 4) is 0 Å². The number of carbonyl (C=O) groups is 4. The topological polar surface area (TPSA) is 89.5 Å². The van der Waals surface area contributed by atoms with Crippen LogP contribution in [-0.2, 0) is 23.9 Å². The van der Waals surface area contributed by atoms with Crippen molar-refractivity contribution in [2.45, 2.75) is 132 Å². The van der Waals surface area contributed by atoms with Crippen molar-refractivity contribution < 1.29 is 23.9 Å². The average Bonchev–Trinajstić information content (AvgIpc) is 3.40. The molecule has 0 aliphatic heterocycles. The van der Waals surface area contributed by atoms with Crippen molar-refractivity contribution >= 4 is 35.2 Å². The molecule has 47 heavy (non-hydrogen) atoms. The number of amides is 1. The molecule has 264 valence electrons. The van der Waals surface area contributed by atoms with E-state index in [1.165, 1.54) is 12.7 Å². The zero-order valence-corrected chi connectivity index (χ0v) is 31.7. The number of esters is 1. The highest BCUT2D eigenvalue weighted by molar-refractivity contribution is 7.98. The highest BCUT2D eigenvalue weighted by Crippen LogP contribution is 2.78. The molecular weight excluding hydrogens is 607 g/mol. The fraction of sp³-hybridized carbons (Fsp3) is 0.850. The molecule has 0 heterocycles. The van der Waals surface area contributed by atoms with Gasteiger partial charge in [-0.3, -0.25) is 9.59 Å². The van der Waals surface area contributed by atoms with Crippen LogP contribution in [0.15, 0.2) is 12.2 Å². The summed E-state index contributed by atoms with van der Waals surface area (Å²) in [5.41, 5.74) is 0.615. The maximum absolute atomic E-state index is 14.6. The summed E-state index contributed by atoms with van der Waals surface area (Å²) in [5, 5.41) is 3.24. The number of fused-ring (bicyclic) bond motifs is 7. The van der Waals surface area contributed by atoms with E-state index in [0.717, 1.165) is 70.0 Å². The summed E-state index contributed by atoms with van der Waals surface area (Å²) in [6.07, 6.45) is 13.0. The zero-order valence-electron chi connectivity index (χ0n) is 30.9. The lowest BCUT2D eigenvalue weighted by molar-refractivity contribution is -0.242. The van der Waals surface area contributed by atoms with Gasteiger partial charge in [-0.05, 0) is 155 Å². The molecular formula is C40H63NO5S. The Bertz CT molecular complexity index is 1300. The fourth-order valence-corrected chi connectivity index (χ4v) is 14.2. The van der Waals surface area contributed by atoms with E-state index in [-0.39, 0.29) is 56.9 Å². The van der Waals surface area contributed by atoms with Crippen molar-refractivity contribution in [3.63, 3.8) is 0 Å². The minimum Gasteiger partial charge on any atom is -0.467 e. The van der Waals surface area contributed by atoms with Gasteiger partial charge in [-0.15, -0.1) is 0 Å². The van der Waals surface area contributed by atoms with Gasteiger partial charge in [0.2, 0.25) is 5.91 Å². The molecule has 12 atom stereocenters. The van der Waals surface area contributed by atoms with Gasteiger partial charge in [-0.25, -0.2) is 4.79 Å². The molecule has 0 aromatic carbocycles. The summed E-state index contributed by atoms with van der Waals surface area (Å²) in [6, 6.07) is -0.620. The molecule has 0 aromatic heterocycles. The van der Waals surface area contributed by atoms with E-state index in [2.05, 4.69) is 46.5 Å². The molecule has 5 saturated carbocycles. The third-order valence-corrected chi connectivity index (χ3v) is 16.5. The highest BCUT2D eigenvalue weighted by Gasteiger charge is 2.72. The van der Waals surface area contributed by atoms with E-state index < -0.39 is 11.5 Å². The molecule has 5 unspecified atom stereocenters. The van der Waals surface area contributed by atoms with Crippen LogP contribution < -0.4 is 5.32 Å². The second-order valence-corrected chi connectivity index (χ2v) is 18.7. The van der Waals surface area contributed by atoms with Crippen LogP contribution in [0, 0.1) is 62.6 Å². The Morgan fingerprint density at radius 1 is 0.872 bits per heavy atom. The van der Waals surface area contributed by atoms with Crippen molar-refractivity contribution in [1.82, 2.24) is 5.32 Å². The predicted octanol–water partition coefficient (Wildman–Crippen LogP) is 8.22. The minimum absolute atomic E-state index is 0.0471. The fourth-order valence-electron chi connectivity index (χ4n) is 13.7. The van der Waals surface area contributed by atoms with Gasteiger partial charge >= 0.3 is 5.97 Å². The largest absolute Gasteiger partial charge is 0.467 e. The molecule has 0 radical (unpaired) electrons. The third kappa shape index (κ3) is 5.50. The molecule has 0 spiro atoms. The standard InChI is InChI=1S/C40H63NO5S/c1-24(2)27-13-19-40(35(45)41-30(16-22-47-10)34(44)46-9)21-20-38(7)29(33(27)40)11-12-32-36(5)17-14-28(26(4)43)37(6,23-25(3)42)31(36)15-18-39(32,38)8/h27-33H,1,11-23H2,2-10H3,(H,41,45)/t27-,28+,29?,30?,31?,32?,33?,36-,37+,38+,39+,40-/m0/s1. The maximum Gasteiger partial charge on any atom is 0.328 e. The number of ether oxygens (including phenoxy) is 1. The Morgan fingerprint density at radius 3 is 2.17 bits per heavy atom. The summed E-state index contributed by atoms with van der Waals surface area (Å²) in [5.74, 6) is 2.63. The van der Waals surface area contributed by atoms with Crippen molar-refractivity contribution in [2.75, 3.05) is 19.1 Å². The number of allylic oxidation sites excluding steroid dienone is 1. The zero-order chi connectivity index (χ0) is 34.7. The molecule has 5 rings (SSSR count). The summed E-state index contributed by atoms with van der Waals surface area (Å²) < 4.78 is 5.13. The van der Waals surface area contributed by atoms with Crippen LogP contribution in [0.1, 0.15) is 126 Å². The maximum atomic E-state index is 14.6. The summed E-state index contributed by atoms with van der Waals surface area (Å²) in [6.45, 7) is 20.0. The van der Waals surface area contributed by atoms with Gasteiger partial charge in [0.05, 0.1) is 12.5 Å². The van der Waals surface area contributed by atoms with E-state index >= 15 is 0 Å². The predicted molar refractivity (Wildman–Crippen MR) is 190 cm³/mol. The van der Waals surface area contributed by atoms with Gasteiger partial charge < -0.3 is 14.8 Å². The smallest absolute Gasteiger partial charge is 0.328 e. The van der Waals surface area contributed by atoms with E-state index in [0.29, 0.717) is 36.5 Å². The summed E-state index contributed by atoms with van der Waals surface area (Å²) in [7, 11) is 1.41. The van der Waals surface area contributed by atoms with Gasteiger partial charge in [0.15, 0.2) is 0 Å². The molecule has 5 aliphatic carbocycles. The second-order valence-electron chi connectivity index (χ2n) is 17.8. The van der Waals surface area contributed by atoms with Crippen LogP contribution in [0.3, 0.4) is 0 Å². The molecule has 0 aromatic rings. The summed E-state index contributed by atoms with van der Waals surface area (Å²) in [4.78, 5) is 53.1. The monoisotopic (exact) mass is 669 g/mol. The van der Waals surface area contributed by atoms with Crippen LogP contribution in [0.4, 0.5) is 0 Å². The molecule has 1 amide bonds. The average molecular weight is 670 g/mol. The van der Waals surface area contributed by atoms with Crippen LogP contribution >= 0.6 is 11.8 Å². The van der Waals surface area contributed by atoms with E-state index in [4.69, 9.17) is 4.74 Å². The molecule has 6 nitrogen and oxygen atoms in total. The SMILES string of the molecule is C=C(C)[C@@H]1CC[C@]2(C(=O)NC(CCSC)C(=O)OC)CC[C@]3(C)C(CCC4[C@@]5(C)CC[C@H](C(C)=O)[C@@](C)(CC(C)=O)C5CC[C@]43C)C12. The lowest BCUT2D eigenvalue weighted by Crippen LogP contribution is -2.67. The Kier molecular flexibility index (Phi) is 10.1. The van der Waals surface area contributed by atoms with Crippen LogP contribution in [0.25, 0.3) is 0 Å². The third-order valence-electron chi connectivity index (χ3n) is 15.9. The molecule has 0 saturated heterocycles. The number of nitrogens with one attached hydrogen (secondary N) is 1. The molecule has 5 fully saturated rings. The van der Waals surface area contributed by atoms with Crippen LogP contribution in [0.5, 0.6) is 0 Å². The first-order chi connectivity index (χ1) is 22.0. The normalized spacial score (nSPS) is 44.5. The molecule has 0 bridgehead atoms. The molecule has 5 aliphatic rings. The molecule has 7 heteroatoms. The summed E-state index contributed by atoms with van der Waals surface area (Å²) >= 11 is 1.67. The Balaban J connectivity index is 1.51. The van der Waals surface area contributed by atoms with Crippen LogP contribution in [-0.4, -0.2) is 48.6 Å².